The summed E-state index contributed by atoms with van der Waals surface area (Å²) in [5, 5.41) is 6.70. The Kier molecular flexibility index (Phi) is 5.46. The molecule has 1 aromatic heterocycles. The van der Waals surface area contributed by atoms with Gasteiger partial charge >= 0.3 is 5.97 Å². The Bertz CT molecular complexity index is 923. The number of nitrogens with zero attached hydrogens (tertiary/aromatic N) is 3. The first-order valence-corrected chi connectivity index (χ1v) is 8.18. The first-order chi connectivity index (χ1) is 13.1. The largest absolute Gasteiger partial charge is 0.495 e. The van der Waals surface area contributed by atoms with E-state index in [0.717, 1.165) is 5.69 Å². The quantitative estimate of drug-likeness (QED) is 0.674. The van der Waals surface area contributed by atoms with Gasteiger partial charge in [-0.05, 0) is 43.3 Å². The summed E-state index contributed by atoms with van der Waals surface area (Å²) in [6.45, 7) is 1.51. The van der Waals surface area contributed by atoms with Crippen molar-refractivity contribution in [3.8, 4) is 11.4 Å². The molecular formula is C19H18N4O4. The van der Waals surface area contributed by atoms with E-state index in [1.54, 1.807) is 59.5 Å². The average Bonchev–Trinajstić information content (AvgIpc) is 3.23. The number of para-hydroxylation sites is 2. The number of methoxy groups -OCH3 is 1. The predicted octanol–water partition coefficient (Wildman–Crippen LogP) is 2.46. The molecule has 0 spiro atoms. The minimum atomic E-state index is -0.975. The number of carbonyl (C=O) groups is 2. The lowest BCUT2D eigenvalue weighted by molar-refractivity contribution is -0.123. The number of aromatic nitrogens is 3. The van der Waals surface area contributed by atoms with Crippen LogP contribution in [0.4, 0.5) is 5.69 Å². The summed E-state index contributed by atoms with van der Waals surface area (Å²) in [7, 11) is 1.51. The average molecular weight is 366 g/mol. The Morgan fingerprint density at radius 3 is 2.52 bits per heavy atom. The van der Waals surface area contributed by atoms with E-state index in [4.69, 9.17) is 9.47 Å². The molecule has 8 nitrogen and oxygen atoms in total. The van der Waals surface area contributed by atoms with Crippen LogP contribution in [-0.2, 0) is 9.53 Å². The molecule has 0 aliphatic carbocycles. The van der Waals surface area contributed by atoms with Gasteiger partial charge in [0.15, 0.2) is 6.10 Å². The highest BCUT2D eigenvalue weighted by Gasteiger charge is 2.20. The molecule has 0 aliphatic heterocycles. The second-order valence-electron chi connectivity index (χ2n) is 5.62. The van der Waals surface area contributed by atoms with Crippen molar-refractivity contribution in [2.45, 2.75) is 13.0 Å². The van der Waals surface area contributed by atoms with Gasteiger partial charge in [-0.2, -0.15) is 5.10 Å². The molecular weight excluding hydrogens is 348 g/mol. The predicted molar refractivity (Wildman–Crippen MR) is 97.9 cm³/mol. The molecule has 0 bridgehead atoms. The zero-order valence-electron chi connectivity index (χ0n) is 14.8. The van der Waals surface area contributed by atoms with Gasteiger partial charge in [-0.3, -0.25) is 4.79 Å². The van der Waals surface area contributed by atoms with Crippen LogP contribution in [0, 0.1) is 0 Å². The molecule has 1 atom stereocenters. The second-order valence-corrected chi connectivity index (χ2v) is 5.62. The Morgan fingerprint density at radius 1 is 1.11 bits per heavy atom. The Labute approximate surface area is 155 Å². The van der Waals surface area contributed by atoms with Crippen molar-refractivity contribution in [3.63, 3.8) is 0 Å². The smallest absolute Gasteiger partial charge is 0.338 e. The molecule has 0 saturated carbocycles. The molecule has 27 heavy (non-hydrogen) atoms. The number of benzene rings is 2. The zero-order chi connectivity index (χ0) is 19.2. The minimum absolute atomic E-state index is 0.329. The number of nitrogens with one attached hydrogen (secondary N) is 1. The van der Waals surface area contributed by atoms with Gasteiger partial charge in [0.1, 0.15) is 18.4 Å². The molecule has 1 N–H and O–H groups in total. The fraction of sp³-hybridized carbons (Fsp3) is 0.158. The van der Waals surface area contributed by atoms with E-state index >= 15 is 0 Å². The standard InChI is InChI=1S/C19H18N4O4/c1-13(18(24)22-16-5-3-4-6-17(16)26-2)27-19(25)14-7-9-15(10-8-14)23-12-20-11-21-23/h3-13H,1-2H3,(H,22,24)/t13-/m0/s1. The molecule has 0 aliphatic rings. The van der Waals surface area contributed by atoms with Gasteiger partial charge in [-0.25, -0.2) is 14.5 Å². The van der Waals surface area contributed by atoms with E-state index in [1.807, 2.05) is 0 Å². The third-order valence-electron chi connectivity index (χ3n) is 3.80. The van der Waals surface area contributed by atoms with Crippen LogP contribution in [-0.4, -0.2) is 39.9 Å². The van der Waals surface area contributed by atoms with E-state index in [2.05, 4.69) is 15.4 Å². The van der Waals surface area contributed by atoms with Gasteiger partial charge in [-0.15, -0.1) is 0 Å². The fourth-order valence-corrected chi connectivity index (χ4v) is 2.36. The monoisotopic (exact) mass is 366 g/mol. The third-order valence-corrected chi connectivity index (χ3v) is 3.80. The molecule has 1 amide bonds. The van der Waals surface area contributed by atoms with Crippen LogP contribution in [0.3, 0.4) is 0 Å². The molecule has 0 radical (unpaired) electrons. The molecule has 0 unspecified atom stereocenters. The zero-order valence-corrected chi connectivity index (χ0v) is 14.8. The van der Waals surface area contributed by atoms with Crippen LogP contribution in [0.25, 0.3) is 5.69 Å². The Morgan fingerprint density at radius 2 is 1.85 bits per heavy atom. The summed E-state index contributed by atoms with van der Waals surface area (Å²) < 4.78 is 12.0. The lowest BCUT2D eigenvalue weighted by Crippen LogP contribution is -2.30. The molecule has 2 aromatic carbocycles. The molecule has 0 saturated heterocycles. The summed E-state index contributed by atoms with van der Waals surface area (Å²) in [4.78, 5) is 28.4. The van der Waals surface area contributed by atoms with Crippen LogP contribution >= 0.6 is 0 Å². The molecule has 3 rings (SSSR count). The first kappa shape index (κ1) is 18.1. The van der Waals surface area contributed by atoms with Crippen molar-refractivity contribution in [1.82, 2.24) is 14.8 Å². The summed E-state index contributed by atoms with van der Waals surface area (Å²) in [6.07, 6.45) is 2.00. The normalized spacial score (nSPS) is 11.5. The van der Waals surface area contributed by atoms with Gasteiger partial charge in [0.05, 0.1) is 24.0 Å². The Hall–Kier alpha value is -3.68. The van der Waals surface area contributed by atoms with Crippen molar-refractivity contribution in [1.29, 1.82) is 0 Å². The number of ether oxygens (including phenoxy) is 2. The van der Waals surface area contributed by atoms with Crippen molar-refractivity contribution < 1.29 is 19.1 Å². The van der Waals surface area contributed by atoms with Gasteiger partial charge in [0, 0.05) is 0 Å². The van der Waals surface area contributed by atoms with Gasteiger partial charge in [0.25, 0.3) is 5.91 Å². The third kappa shape index (κ3) is 4.30. The molecule has 3 aromatic rings. The number of amides is 1. The maximum absolute atomic E-state index is 12.3. The minimum Gasteiger partial charge on any atom is -0.495 e. The van der Waals surface area contributed by atoms with Crippen LogP contribution in [0.5, 0.6) is 5.75 Å². The van der Waals surface area contributed by atoms with Crippen LogP contribution in [0.15, 0.2) is 61.2 Å². The highest BCUT2D eigenvalue weighted by atomic mass is 16.5. The van der Waals surface area contributed by atoms with Gasteiger partial charge in [-0.1, -0.05) is 12.1 Å². The maximum atomic E-state index is 12.3. The van der Waals surface area contributed by atoms with Crippen molar-refractivity contribution in [3.05, 3.63) is 66.7 Å². The van der Waals surface area contributed by atoms with E-state index in [-0.39, 0.29) is 0 Å². The van der Waals surface area contributed by atoms with Crippen molar-refractivity contribution >= 4 is 17.6 Å². The van der Waals surface area contributed by atoms with Crippen LogP contribution in [0.2, 0.25) is 0 Å². The SMILES string of the molecule is COc1ccccc1NC(=O)[C@H](C)OC(=O)c1ccc(-n2cncn2)cc1. The topological polar surface area (TPSA) is 95.3 Å². The van der Waals surface area contributed by atoms with E-state index in [0.29, 0.717) is 17.0 Å². The van der Waals surface area contributed by atoms with E-state index < -0.39 is 18.0 Å². The highest BCUT2D eigenvalue weighted by molar-refractivity contribution is 5.98. The molecule has 138 valence electrons. The first-order valence-electron chi connectivity index (χ1n) is 8.18. The van der Waals surface area contributed by atoms with Gasteiger partial charge < -0.3 is 14.8 Å². The number of carbonyl (C=O) groups excluding carboxylic acids is 2. The lowest BCUT2D eigenvalue weighted by Gasteiger charge is -2.15. The summed E-state index contributed by atoms with van der Waals surface area (Å²) in [5.74, 6) is -0.525. The number of rotatable bonds is 6. The summed E-state index contributed by atoms with van der Waals surface area (Å²) in [5.41, 5.74) is 1.59. The summed E-state index contributed by atoms with van der Waals surface area (Å²) in [6, 6.07) is 13.6. The van der Waals surface area contributed by atoms with E-state index in [9.17, 15) is 9.59 Å². The number of hydrogen-bond acceptors (Lipinski definition) is 6. The molecule has 8 heteroatoms. The highest BCUT2D eigenvalue weighted by Crippen LogP contribution is 2.23. The number of hydrogen-bond donors (Lipinski definition) is 1. The van der Waals surface area contributed by atoms with Gasteiger partial charge in [0.2, 0.25) is 0 Å². The molecule has 0 fully saturated rings. The Balaban J connectivity index is 1.62. The van der Waals surface area contributed by atoms with E-state index in [1.165, 1.54) is 20.4 Å². The van der Waals surface area contributed by atoms with Crippen LogP contribution in [0.1, 0.15) is 17.3 Å². The molecule has 1 heterocycles. The number of anilines is 1. The lowest BCUT2D eigenvalue weighted by atomic mass is 10.2. The summed E-state index contributed by atoms with van der Waals surface area (Å²) >= 11 is 0. The van der Waals surface area contributed by atoms with Crippen molar-refractivity contribution in [2.24, 2.45) is 0 Å². The number of esters is 1. The second kappa shape index (κ2) is 8.13. The van der Waals surface area contributed by atoms with Crippen molar-refractivity contribution in [2.75, 3.05) is 12.4 Å². The maximum Gasteiger partial charge on any atom is 0.338 e. The fourth-order valence-electron chi connectivity index (χ4n) is 2.36. The van der Waals surface area contributed by atoms with Crippen LogP contribution < -0.4 is 10.1 Å².